The monoisotopic (exact) mass is 370 g/mol. The lowest BCUT2D eigenvalue weighted by molar-refractivity contribution is 0.390. The van der Waals surface area contributed by atoms with Crippen molar-refractivity contribution >= 4 is 5.96 Å². The first-order chi connectivity index (χ1) is 13.1. The molecule has 0 aliphatic heterocycles. The number of hydrogen-bond acceptors (Lipinski definition) is 4. The zero-order chi connectivity index (χ0) is 19.6. The third kappa shape index (κ3) is 6.18. The van der Waals surface area contributed by atoms with Crippen molar-refractivity contribution in [3.8, 4) is 11.5 Å². The summed E-state index contributed by atoms with van der Waals surface area (Å²) in [4.78, 5) is 6.49. The van der Waals surface area contributed by atoms with E-state index in [9.17, 15) is 0 Å². The summed E-state index contributed by atoms with van der Waals surface area (Å²) >= 11 is 0. The van der Waals surface area contributed by atoms with Crippen LogP contribution in [0.2, 0.25) is 0 Å². The minimum Gasteiger partial charge on any atom is -0.497 e. The molecule has 27 heavy (non-hydrogen) atoms. The first-order valence-electron chi connectivity index (χ1n) is 8.94. The SMILES string of the molecule is CN=C(NCc1ccccc1CN(C)C)NCc1ccc(OC)cc1OC. The van der Waals surface area contributed by atoms with E-state index in [1.54, 1.807) is 21.3 Å². The van der Waals surface area contributed by atoms with Crippen LogP contribution in [0, 0.1) is 0 Å². The number of methoxy groups -OCH3 is 2. The second kappa shape index (κ2) is 10.4. The minimum absolute atomic E-state index is 0.603. The van der Waals surface area contributed by atoms with Crippen molar-refractivity contribution in [1.82, 2.24) is 15.5 Å². The van der Waals surface area contributed by atoms with Gasteiger partial charge in [0.25, 0.3) is 0 Å². The summed E-state index contributed by atoms with van der Waals surface area (Å²) < 4.78 is 10.7. The van der Waals surface area contributed by atoms with Gasteiger partial charge < -0.3 is 25.0 Å². The second-order valence-electron chi connectivity index (χ2n) is 6.46. The lowest BCUT2D eigenvalue weighted by Crippen LogP contribution is -2.36. The standard InChI is InChI=1S/C21H30N4O2/c1-22-21(23-13-16-8-6-7-9-18(16)15-25(2)3)24-14-17-10-11-19(26-4)12-20(17)27-5/h6-12H,13-15H2,1-5H3,(H2,22,23,24). The van der Waals surface area contributed by atoms with Gasteiger partial charge >= 0.3 is 0 Å². The van der Waals surface area contributed by atoms with Gasteiger partial charge in [-0.15, -0.1) is 0 Å². The van der Waals surface area contributed by atoms with Gasteiger partial charge in [-0.2, -0.15) is 0 Å². The molecule has 2 aromatic rings. The third-order valence-corrected chi connectivity index (χ3v) is 4.22. The third-order valence-electron chi connectivity index (χ3n) is 4.22. The Morgan fingerprint density at radius 1 is 0.926 bits per heavy atom. The Labute approximate surface area is 162 Å². The molecule has 0 aliphatic carbocycles. The average Bonchev–Trinajstić information content (AvgIpc) is 2.68. The molecule has 0 saturated heterocycles. The molecule has 0 aromatic heterocycles. The molecule has 0 unspecified atom stereocenters. The molecule has 2 aromatic carbocycles. The molecule has 6 nitrogen and oxygen atoms in total. The fourth-order valence-corrected chi connectivity index (χ4v) is 2.80. The largest absolute Gasteiger partial charge is 0.497 e. The summed E-state index contributed by atoms with van der Waals surface area (Å²) in [5.41, 5.74) is 3.60. The zero-order valence-corrected chi connectivity index (χ0v) is 16.9. The Bertz CT molecular complexity index is 760. The maximum Gasteiger partial charge on any atom is 0.191 e. The molecule has 146 valence electrons. The average molecular weight is 370 g/mol. The van der Waals surface area contributed by atoms with E-state index in [4.69, 9.17) is 9.47 Å². The molecule has 0 atom stereocenters. The normalized spacial score (nSPS) is 11.4. The predicted octanol–water partition coefficient (Wildman–Crippen LogP) is 2.63. The summed E-state index contributed by atoms with van der Waals surface area (Å²) in [7, 11) is 9.23. The van der Waals surface area contributed by atoms with Crippen LogP contribution in [0.1, 0.15) is 16.7 Å². The summed E-state index contributed by atoms with van der Waals surface area (Å²) in [6.07, 6.45) is 0. The predicted molar refractivity (Wildman–Crippen MR) is 110 cm³/mol. The van der Waals surface area contributed by atoms with Gasteiger partial charge in [0.15, 0.2) is 5.96 Å². The van der Waals surface area contributed by atoms with E-state index >= 15 is 0 Å². The van der Waals surface area contributed by atoms with Crippen molar-refractivity contribution in [1.29, 1.82) is 0 Å². The molecule has 0 amide bonds. The highest BCUT2D eigenvalue weighted by Crippen LogP contribution is 2.24. The molecule has 2 N–H and O–H groups in total. The maximum atomic E-state index is 5.45. The molecule has 2 rings (SSSR count). The van der Waals surface area contributed by atoms with Crippen LogP contribution >= 0.6 is 0 Å². The topological polar surface area (TPSA) is 58.1 Å². The smallest absolute Gasteiger partial charge is 0.191 e. The molecular weight excluding hydrogens is 340 g/mol. The van der Waals surface area contributed by atoms with Gasteiger partial charge in [-0.25, -0.2) is 0 Å². The highest BCUT2D eigenvalue weighted by Gasteiger charge is 2.07. The summed E-state index contributed by atoms with van der Waals surface area (Å²) in [5, 5.41) is 6.72. The molecule has 0 bridgehead atoms. The van der Waals surface area contributed by atoms with Gasteiger partial charge in [0, 0.05) is 38.3 Å². The Kier molecular flexibility index (Phi) is 7.95. The van der Waals surface area contributed by atoms with Gasteiger partial charge in [-0.1, -0.05) is 24.3 Å². The summed E-state index contributed by atoms with van der Waals surface area (Å²) in [6, 6.07) is 14.2. The highest BCUT2D eigenvalue weighted by atomic mass is 16.5. The first-order valence-corrected chi connectivity index (χ1v) is 8.94. The number of benzene rings is 2. The fourth-order valence-electron chi connectivity index (χ4n) is 2.80. The number of nitrogens with one attached hydrogen (secondary N) is 2. The molecule has 6 heteroatoms. The van der Waals surface area contributed by atoms with E-state index in [1.807, 2.05) is 18.2 Å². The van der Waals surface area contributed by atoms with Crippen molar-refractivity contribution in [2.45, 2.75) is 19.6 Å². The van der Waals surface area contributed by atoms with Crippen molar-refractivity contribution in [3.05, 3.63) is 59.2 Å². The van der Waals surface area contributed by atoms with Crippen LogP contribution in [0.15, 0.2) is 47.5 Å². The van der Waals surface area contributed by atoms with Crippen LogP contribution in [0.3, 0.4) is 0 Å². The van der Waals surface area contributed by atoms with Crippen molar-refractivity contribution < 1.29 is 9.47 Å². The molecule has 0 radical (unpaired) electrons. The number of nitrogens with zero attached hydrogens (tertiary/aromatic N) is 2. The van der Waals surface area contributed by atoms with Crippen LogP contribution in [0.4, 0.5) is 0 Å². The maximum absolute atomic E-state index is 5.45. The van der Waals surface area contributed by atoms with Crippen LogP contribution in [0.25, 0.3) is 0 Å². The van der Waals surface area contributed by atoms with Crippen molar-refractivity contribution in [2.75, 3.05) is 35.4 Å². The Morgan fingerprint density at radius 3 is 2.19 bits per heavy atom. The van der Waals surface area contributed by atoms with Crippen molar-refractivity contribution in [2.24, 2.45) is 4.99 Å². The van der Waals surface area contributed by atoms with E-state index in [0.717, 1.165) is 29.6 Å². The van der Waals surface area contributed by atoms with E-state index in [2.05, 4.69) is 58.9 Å². The lowest BCUT2D eigenvalue weighted by atomic mass is 10.1. The highest BCUT2D eigenvalue weighted by molar-refractivity contribution is 5.79. The molecule has 0 saturated carbocycles. The number of guanidine groups is 1. The molecular formula is C21H30N4O2. The second-order valence-corrected chi connectivity index (χ2v) is 6.46. The van der Waals surface area contributed by atoms with Crippen LogP contribution in [-0.2, 0) is 19.6 Å². The van der Waals surface area contributed by atoms with Gasteiger partial charge in [-0.05, 0) is 37.4 Å². The van der Waals surface area contributed by atoms with Crippen LogP contribution in [0.5, 0.6) is 11.5 Å². The molecule has 0 spiro atoms. The number of ether oxygens (including phenoxy) is 2. The van der Waals surface area contributed by atoms with Gasteiger partial charge in [0.05, 0.1) is 14.2 Å². The Morgan fingerprint density at radius 2 is 1.59 bits per heavy atom. The van der Waals surface area contributed by atoms with Crippen LogP contribution in [-0.4, -0.2) is 46.2 Å². The molecule has 0 fully saturated rings. The van der Waals surface area contributed by atoms with Crippen molar-refractivity contribution in [3.63, 3.8) is 0 Å². The molecule has 0 aliphatic rings. The molecule has 0 heterocycles. The summed E-state index contributed by atoms with van der Waals surface area (Å²) in [6.45, 7) is 2.22. The lowest BCUT2D eigenvalue weighted by Gasteiger charge is -2.17. The minimum atomic E-state index is 0.603. The number of aliphatic imine (C=N–C) groups is 1. The van der Waals surface area contributed by atoms with Gasteiger partial charge in [0.1, 0.15) is 11.5 Å². The van der Waals surface area contributed by atoms with E-state index in [-0.39, 0.29) is 0 Å². The fraction of sp³-hybridized carbons (Fsp3) is 0.381. The quantitative estimate of drug-likeness (QED) is 0.553. The Balaban J connectivity index is 1.98. The van der Waals surface area contributed by atoms with E-state index in [0.29, 0.717) is 13.1 Å². The van der Waals surface area contributed by atoms with Gasteiger partial charge in [0.2, 0.25) is 0 Å². The van der Waals surface area contributed by atoms with Gasteiger partial charge in [-0.3, -0.25) is 4.99 Å². The number of rotatable bonds is 8. The van der Waals surface area contributed by atoms with Crippen LogP contribution < -0.4 is 20.1 Å². The zero-order valence-electron chi connectivity index (χ0n) is 16.9. The summed E-state index contributed by atoms with van der Waals surface area (Å²) in [5.74, 6) is 2.30. The van der Waals surface area contributed by atoms with E-state index in [1.165, 1.54) is 11.1 Å². The first kappa shape index (κ1) is 20.6. The number of hydrogen-bond donors (Lipinski definition) is 2. The Hall–Kier alpha value is -2.73. The van der Waals surface area contributed by atoms with E-state index < -0.39 is 0 Å².